The largest absolute Gasteiger partial charge is 0.322 e. The van der Waals surface area contributed by atoms with Gasteiger partial charge in [0, 0.05) is 11.6 Å². The molecule has 114 valence electrons. The maximum Gasteiger partial charge on any atom is 0.127 e. The Morgan fingerprint density at radius 2 is 1.86 bits per heavy atom. The zero-order valence-corrected chi connectivity index (χ0v) is 13.4. The first-order chi connectivity index (χ1) is 10.7. The van der Waals surface area contributed by atoms with Gasteiger partial charge in [-0.25, -0.2) is 4.98 Å². The van der Waals surface area contributed by atoms with Crippen LogP contribution >= 0.6 is 11.6 Å². The molecule has 22 heavy (non-hydrogen) atoms. The van der Waals surface area contributed by atoms with E-state index >= 15 is 0 Å². The second-order valence-corrected chi connectivity index (χ2v) is 6.00. The van der Waals surface area contributed by atoms with Gasteiger partial charge in [-0.05, 0) is 36.2 Å². The number of nitrogens with zero attached hydrogens (tertiary/aromatic N) is 2. The van der Waals surface area contributed by atoms with Crippen LogP contribution in [0.4, 0.5) is 0 Å². The highest BCUT2D eigenvalue weighted by atomic mass is 35.5. The summed E-state index contributed by atoms with van der Waals surface area (Å²) in [6.45, 7) is 2.90. The van der Waals surface area contributed by atoms with Crippen molar-refractivity contribution < 1.29 is 0 Å². The second kappa shape index (κ2) is 6.51. The van der Waals surface area contributed by atoms with E-state index in [2.05, 4.69) is 17.6 Å². The van der Waals surface area contributed by atoms with Crippen molar-refractivity contribution in [2.45, 2.75) is 32.4 Å². The smallest absolute Gasteiger partial charge is 0.127 e. The van der Waals surface area contributed by atoms with E-state index in [1.54, 1.807) is 0 Å². The number of fused-ring (bicyclic) bond motifs is 1. The molecule has 2 N–H and O–H groups in total. The standard InChI is InChI=1S/C18H20ClN3/c1-2-5-15(20)18-21-16-6-3-4-7-17(16)22(18)12-13-8-10-14(19)11-9-13/h3-4,6-11,15H,2,5,12,20H2,1H3. The monoisotopic (exact) mass is 313 g/mol. The number of para-hydroxylation sites is 2. The topological polar surface area (TPSA) is 43.8 Å². The van der Waals surface area contributed by atoms with Crippen molar-refractivity contribution in [3.63, 3.8) is 0 Å². The molecule has 0 radical (unpaired) electrons. The molecule has 1 unspecified atom stereocenters. The quantitative estimate of drug-likeness (QED) is 0.751. The Kier molecular flexibility index (Phi) is 4.46. The summed E-state index contributed by atoms with van der Waals surface area (Å²) in [5.41, 5.74) is 9.66. The van der Waals surface area contributed by atoms with Gasteiger partial charge in [-0.1, -0.05) is 49.2 Å². The van der Waals surface area contributed by atoms with E-state index in [1.807, 2.05) is 42.5 Å². The average Bonchev–Trinajstić information content (AvgIpc) is 2.89. The Morgan fingerprint density at radius 3 is 2.59 bits per heavy atom. The third-order valence-corrected chi connectivity index (χ3v) is 4.12. The van der Waals surface area contributed by atoms with Gasteiger partial charge >= 0.3 is 0 Å². The second-order valence-electron chi connectivity index (χ2n) is 5.57. The van der Waals surface area contributed by atoms with Crippen LogP contribution in [0.5, 0.6) is 0 Å². The summed E-state index contributed by atoms with van der Waals surface area (Å²) in [6, 6.07) is 16.1. The lowest BCUT2D eigenvalue weighted by Crippen LogP contribution is -2.17. The number of benzene rings is 2. The molecule has 3 aromatic rings. The third-order valence-electron chi connectivity index (χ3n) is 3.87. The van der Waals surface area contributed by atoms with Crippen molar-refractivity contribution >= 4 is 22.6 Å². The molecule has 0 saturated carbocycles. The van der Waals surface area contributed by atoms with Gasteiger partial charge in [0.2, 0.25) is 0 Å². The molecule has 0 aliphatic rings. The Hall–Kier alpha value is -1.84. The van der Waals surface area contributed by atoms with Crippen molar-refractivity contribution in [3.05, 3.63) is 64.9 Å². The molecular formula is C18H20ClN3. The van der Waals surface area contributed by atoms with Crippen LogP contribution in [0.3, 0.4) is 0 Å². The van der Waals surface area contributed by atoms with Crippen molar-refractivity contribution in [2.75, 3.05) is 0 Å². The van der Waals surface area contributed by atoms with E-state index in [1.165, 1.54) is 5.56 Å². The predicted molar refractivity (Wildman–Crippen MR) is 92.1 cm³/mol. The average molecular weight is 314 g/mol. The molecule has 0 aliphatic carbocycles. The van der Waals surface area contributed by atoms with E-state index in [0.29, 0.717) is 0 Å². The highest BCUT2D eigenvalue weighted by Gasteiger charge is 2.16. The molecule has 3 rings (SSSR count). The fourth-order valence-electron chi connectivity index (χ4n) is 2.76. The van der Waals surface area contributed by atoms with E-state index in [9.17, 15) is 0 Å². The number of aromatic nitrogens is 2. The summed E-state index contributed by atoms with van der Waals surface area (Å²) in [7, 11) is 0. The molecule has 0 bridgehead atoms. The van der Waals surface area contributed by atoms with Crippen LogP contribution in [0.15, 0.2) is 48.5 Å². The van der Waals surface area contributed by atoms with Gasteiger partial charge in [0.25, 0.3) is 0 Å². The molecule has 4 heteroatoms. The van der Waals surface area contributed by atoms with Crippen LogP contribution < -0.4 is 5.73 Å². The molecule has 0 fully saturated rings. The molecule has 0 amide bonds. The minimum absolute atomic E-state index is 0.0373. The first-order valence-electron chi connectivity index (χ1n) is 7.64. The molecular weight excluding hydrogens is 294 g/mol. The van der Waals surface area contributed by atoms with Crippen molar-refractivity contribution in [3.8, 4) is 0 Å². The molecule has 1 atom stereocenters. The number of hydrogen-bond acceptors (Lipinski definition) is 2. The van der Waals surface area contributed by atoms with E-state index in [0.717, 1.165) is 41.3 Å². The Balaban J connectivity index is 2.05. The lowest BCUT2D eigenvalue weighted by Gasteiger charge is -2.14. The Labute approximate surface area is 135 Å². The molecule has 1 aromatic heterocycles. The van der Waals surface area contributed by atoms with Gasteiger partial charge in [0.15, 0.2) is 0 Å². The lowest BCUT2D eigenvalue weighted by molar-refractivity contribution is 0.572. The van der Waals surface area contributed by atoms with E-state index in [-0.39, 0.29) is 6.04 Å². The molecule has 0 spiro atoms. The summed E-state index contributed by atoms with van der Waals surface area (Å²) < 4.78 is 2.22. The first kappa shape index (κ1) is 15.1. The van der Waals surface area contributed by atoms with Crippen molar-refractivity contribution in [1.29, 1.82) is 0 Å². The van der Waals surface area contributed by atoms with Crippen LogP contribution in [0.2, 0.25) is 5.02 Å². The number of imidazole rings is 1. The minimum Gasteiger partial charge on any atom is -0.322 e. The molecule has 0 aliphatic heterocycles. The predicted octanol–water partition coefficient (Wildman–Crippen LogP) is 4.54. The summed E-state index contributed by atoms with van der Waals surface area (Å²) in [6.07, 6.45) is 1.98. The zero-order chi connectivity index (χ0) is 15.5. The third kappa shape index (κ3) is 3.01. The fourth-order valence-corrected chi connectivity index (χ4v) is 2.88. The van der Waals surface area contributed by atoms with Crippen LogP contribution in [0.1, 0.15) is 37.2 Å². The van der Waals surface area contributed by atoms with Gasteiger partial charge in [-0.3, -0.25) is 0 Å². The first-order valence-corrected chi connectivity index (χ1v) is 8.02. The maximum absolute atomic E-state index is 6.34. The summed E-state index contributed by atoms with van der Waals surface area (Å²) >= 11 is 5.97. The number of nitrogens with two attached hydrogens (primary N) is 1. The zero-order valence-electron chi connectivity index (χ0n) is 12.7. The summed E-state index contributed by atoms with van der Waals surface area (Å²) in [4.78, 5) is 4.76. The van der Waals surface area contributed by atoms with Gasteiger partial charge in [-0.15, -0.1) is 0 Å². The van der Waals surface area contributed by atoms with E-state index < -0.39 is 0 Å². The van der Waals surface area contributed by atoms with Crippen LogP contribution in [-0.2, 0) is 6.54 Å². The van der Waals surface area contributed by atoms with Crippen molar-refractivity contribution in [1.82, 2.24) is 9.55 Å². The van der Waals surface area contributed by atoms with Crippen LogP contribution in [0.25, 0.3) is 11.0 Å². The number of halogens is 1. The van der Waals surface area contributed by atoms with Crippen LogP contribution in [-0.4, -0.2) is 9.55 Å². The normalized spacial score (nSPS) is 12.7. The van der Waals surface area contributed by atoms with Crippen molar-refractivity contribution in [2.24, 2.45) is 5.73 Å². The number of hydrogen-bond donors (Lipinski definition) is 1. The molecule has 3 nitrogen and oxygen atoms in total. The van der Waals surface area contributed by atoms with Gasteiger partial charge in [0.05, 0.1) is 17.1 Å². The van der Waals surface area contributed by atoms with Crippen LogP contribution in [0, 0.1) is 0 Å². The van der Waals surface area contributed by atoms with Gasteiger partial charge in [-0.2, -0.15) is 0 Å². The maximum atomic E-state index is 6.34. The molecule has 2 aromatic carbocycles. The highest BCUT2D eigenvalue weighted by Crippen LogP contribution is 2.23. The highest BCUT2D eigenvalue weighted by molar-refractivity contribution is 6.30. The molecule has 1 heterocycles. The Bertz CT molecular complexity index is 762. The summed E-state index contributed by atoms with van der Waals surface area (Å²) in [5, 5.41) is 0.752. The lowest BCUT2D eigenvalue weighted by atomic mass is 10.1. The van der Waals surface area contributed by atoms with E-state index in [4.69, 9.17) is 22.3 Å². The number of rotatable bonds is 5. The molecule has 0 saturated heterocycles. The van der Waals surface area contributed by atoms with Gasteiger partial charge < -0.3 is 10.3 Å². The van der Waals surface area contributed by atoms with Gasteiger partial charge in [0.1, 0.15) is 5.82 Å². The Morgan fingerprint density at radius 1 is 1.14 bits per heavy atom. The minimum atomic E-state index is -0.0373. The SMILES string of the molecule is CCCC(N)c1nc2ccccc2n1Cc1ccc(Cl)cc1. The summed E-state index contributed by atoms with van der Waals surface area (Å²) in [5.74, 6) is 0.956. The fraction of sp³-hybridized carbons (Fsp3) is 0.278.